The van der Waals surface area contributed by atoms with E-state index in [0.29, 0.717) is 6.42 Å². The number of aromatic amines is 1. The molecule has 1 aliphatic rings. The summed E-state index contributed by atoms with van der Waals surface area (Å²) in [4.78, 5) is 16.1. The summed E-state index contributed by atoms with van der Waals surface area (Å²) in [5, 5.41) is 13.7. The highest BCUT2D eigenvalue weighted by molar-refractivity contribution is 7.99. The number of thioether (sulfide) groups is 1. The number of fused-ring (bicyclic) bond motifs is 1. The fourth-order valence-electron chi connectivity index (χ4n) is 4.21. The van der Waals surface area contributed by atoms with Gasteiger partial charge in [-0.2, -0.15) is 16.9 Å². The lowest BCUT2D eigenvalue weighted by atomic mass is 10.1. The molecular weight excluding hydrogens is 460 g/mol. The number of carbonyl (C=O) groups excluding carboxylic acids is 1. The van der Waals surface area contributed by atoms with Gasteiger partial charge in [0.05, 0.1) is 17.6 Å². The first-order chi connectivity index (χ1) is 16.6. The van der Waals surface area contributed by atoms with E-state index in [1.807, 2.05) is 54.4 Å². The fourth-order valence-corrected chi connectivity index (χ4v) is 5.89. The molecule has 5 rings (SSSR count). The van der Waals surface area contributed by atoms with Gasteiger partial charge in [-0.1, -0.05) is 36.4 Å². The number of thiophene rings is 1. The number of hydrogen-bond donors (Lipinski definition) is 2. The maximum absolute atomic E-state index is 12.5. The van der Waals surface area contributed by atoms with Crippen molar-refractivity contribution in [2.24, 2.45) is 0 Å². The SMILES string of the molecule is Cc1cc2[nH]nc(C=Cc3cccc(CN4CCSCC4)c3)c2cc1NC(=O)Cc1cccs1. The summed E-state index contributed by atoms with van der Waals surface area (Å²) in [6.45, 7) is 5.33. The first kappa shape index (κ1) is 22.9. The number of anilines is 1. The van der Waals surface area contributed by atoms with Gasteiger partial charge in [-0.15, -0.1) is 11.3 Å². The van der Waals surface area contributed by atoms with Crippen molar-refractivity contribution >= 4 is 57.7 Å². The average Bonchev–Trinajstić information content (AvgIpc) is 3.48. The van der Waals surface area contributed by atoms with E-state index in [0.717, 1.165) is 57.9 Å². The normalized spacial score (nSPS) is 14.7. The molecule has 1 amide bonds. The zero-order valence-corrected chi connectivity index (χ0v) is 20.8. The van der Waals surface area contributed by atoms with Gasteiger partial charge >= 0.3 is 0 Å². The first-order valence-corrected chi connectivity index (χ1v) is 13.6. The highest BCUT2D eigenvalue weighted by Gasteiger charge is 2.12. The number of hydrogen-bond acceptors (Lipinski definition) is 5. The molecule has 1 fully saturated rings. The van der Waals surface area contributed by atoms with Gasteiger partial charge in [0, 0.05) is 47.1 Å². The Balaban J connectivity index is 1.32. The molecule has 3 heterocycles. The number of H-pyrrole nitrogens is 1. The Morgan fingerprint density at radius 1 is 1.15 bits per heavy atom. The van der Waals surface area contributed by atoms with Gasteiger partial charge in [0.1, 0.15) is 0 Å². The molecular formula is C27H28N4OS2. The second kappa shape index (κ2) is 10.6. The van der Waals surface area contributed by atoms with Gasteiger partial charge in [-0.3, -0.25) is 14.8 Å². The smallest absolute Gasteiger partial charge is 0.229 e. The fraction of sp³-hybridized carbons (Fsp3) is 0.259. The molecule has 2 aromatic carbocycles. The Bertz CT molecular complexity index is 1300. The lowest BCUT2D eigenvalue weighted by molar-refractivity contribution is -0.115. The topological polar surface area (TPSA) is 61.0 Å². The van der Waals surface area contributed by atoms with Crippen molar-refractivity contribution < 1.29 is 4.79 Å². The van der Waals surface area contributed by atoms with Crippen LogP contribution in [-0.2, 0) is 17.8 Å². The largest absolute Gasteiger partial charge is 0.326 e. The Morgan fingerprint density at radius 3 is 2.85 bits per heavy atom. The summed E-state index contributed by atoms with van der Waals surface area (Å²) in [6, 6.07) is 16.7. The molecule has 7 heteroatoms. The summed E-state index contributed by atoms with van der Waals surface area (Å²) in [7, 11) is 0. The number of nitrogens with one attached hydrogen (secondary N) is 2. The molecule has 2 aromatic heterocycles. The first-order valence-electron chi connectivity index (χ1n) is 11.5. The number of benzene rings is 2. The zero-order chi connectivity index (χ0) is 23.3. The monoisotopic (exact) mass is 488 g/mol. The quantitative estimate of drug-likeness (QED) is 0.343. The van der Waals surface area contributed by atoms with Gasteiger partial charge in [-0.05, 0) is 53.3 Å². The maximum atomic E-state index is 12.5. The minimum absolute atomic E-state index is 0.00500. The van der Waals surface area contributed by atoms with E-state index in [-0.39, 0.29) is 5.91 Å². The van der Waals surface area contributed by atoms with Crippen molar-refractivity contribution in [2.45, 2.75) is 19.9 Å². The van der Waals surface area contributed by atoms with Crippen molar-refractivity contribution in [3.05, 3.63) is 81.2 Å². The lowest BCUT2D eigenvalue weighted by Crippen LogP contribution is -2.31. The number of rotatable bonds is 7. The van der Waals surface area contributed by atoms with E-state index in [2.05, 4.69) is 50.8 Å². The molecule has 4 aromatic rings. The minimum atomic E-state index is -0.00500. The lowest BCUT2D eigenvalue weighted by Gasteiger charge is -2.26. The highest BCUT2D eigenvalue weighted by atomic mass is 32.2. The van der Waals surface area contributed by atoms with Crippen molar-refractivity contribution in [3.63, 3.8) is 0 Å². The van der Waals surface area contributed by atoms with Crippen molar-refractivity contribution in [1.29, 1.82) is 0 Å². The van der Waals surface area contributed by atoms with Gasteiger partial charge < -0.3 is 5.32 Å². The third kappa shape index (κ3) is 5.60. The molecule has 34 heavy (non-hydrogen) atoms. The Hall–Kier alpha value is -2.87. The standard InChI is InChI=1S/C27H28N4OS2/c1-19-14-26-23(17-25(19)28-27(32)16-22-6-3-11-34-22)24(29-30-26)8-7-20-4-2-5-21(15-20)18-31-9-12-33-13-10-31/h2-8,11,14-15,17H,9-10,12-13,16,18H2,1H3,(H,28,32)(H,29,30). The molecule has 174 valence electrons. The number of carbonyl (C=O) groups is 1. The maximum Gasteiger partial charge on any atom is 0.229 e. The van der Waals surface area contributed by atoms with Gasteiger partial charge in [0.15, 0.2) is 0 Å². The summed E-state index contributed by atoms with van der Waals surface area (Å²) >= 11 is 3.64. The van der Waals surface area contributed by atoms with Crippen molar-refractivity contribution in [1.82, 2.24) is 15.1 Å². The molecule has 0 unspecified atom stereocenters. The van der Waals surface area contributed by atoms with Gasteiger partial charge in [0.2, 0.25) is 5.91 Å². The second-order valence-electron chi connectivity index (χ2n) is 8.59. The van der Waals surface area contributed by atoms with E-state index in [1.165, 1.54) is 17.1 Å². The third-order valence-electron chi connectivity index (χ3n) is 6.02. The number of aryl methyl sites for hydroxylation is 1. The van der Waals surface area contributed by atoms with Crippen LogP contribution < -0.4 is 5.32 Å². The van der Waals surface area contributed by atoms with Crippen LogP contribution in [0.5, 0.6) is 0 Å². The Kier molecular flexibility index (Phi) is 7.13. The van der Waals surface area contributed by atoms with E-state index >= 15 is 0 Å². The minimum Gasteiger partial charge on any atom is -0.326 e. The van der Waals surface area contributed by atoms with E-state index in [4.69, 9.17) is 0 Å². The van der Waals surface area contributed by atoms with E-state index in [1.54, 1.807) is 11.3 Å². The molecule has 0 radical (unpaired) electrons. The molecule has 1 aliphatic heterocycles. The number of amides is 1. The Morgan fingerprint density at radius 2 is 2.03 bits per heavy atom. The van der Waals surface area contributed by atoms with Crippen LogP contribution in [0.15, 0.2) is 53.9 Å². The number of nitrogens with zero attached hydrogens (tertiary/aromatic N) is 2. The summed E-state index contributed by atoms with van der Waals surface area (Å²) in [5.74, 6) is 2.44. The van der Waals surface area contributed by atoms with Crippen molar-refractivity contribution in [2.75, 3.05) is 29.9 Å². The van der Waals surface area contributed by atoms with Gasteiger partial charge in [-0.25, -0.2) is 0 Å². The highest BCUT2D eigenvalue weighted by Crippen LogP contribution is 2.26. The summed E-state index contributed by atoms with van der Waals surface area (Å²) < 4.78 is 0. The zero-order valence-electron chi connectivity index (χ0n) is 19.2. The van der Waals surface area contributed by atoms with Crippen LogP contribution in [0, 0.1) is 6.92 Å². The predicted molar refractivity (Wildman–Crippen MR) is 145 cm³/mol. The molecule has 0 aliphatic carbocycles. The van der Waals surface area contributed by atoms with Crippen LogP contribution >= 0.6 is 23.1 Å². The number of aromatic nitrogens is 2. The van der Waals surface area contributed by atoms with Gasteiger partial charge in [0.25, 0.3) is 0 Å². The van der Waals surface area contributed by atoms with Crippen LogP contribution in [0.4, 0.5) is 5.69 Å². The summed E-state index contributed by atoms with van der Waals surface area (Å²) in [5.41, 5.74) is 6.16. The van der Waals surface area contributed by atoms with Crippen LogP contribution in [0.3, 0.4) is 0 Å². The average molecular weight is 489 g/mol. The van der Waals surface area contributed by atoms with E-state index < -0.39 is 0 Å². The van der Waals surface area contributed by atoms with Crippen LogP contribution in [0.25, 0.3) is 23.1 Å². The third-order valence-corrected chi connectivity index (χ3v) is 7.84. The van der Waals surface area contributed by atoms with E-state index in [9.17, 15) is 4.79 Å². The van der Waals surface area contributed by atoms with Crippen molar-refractivity contribution in [3.8, 4) is 0 Å². The molecule has 0 spiro atoms. The molecule has 0 saturated carbocycles. The van der Waals surface area contributed by atoms with Crippen LogP contribution in [-0.4, -0.2) is 45.6 Å². The second-order valence-corrected chi connectivity index (χ2v) is 10.8. The predicted octanol–water partition coefficient (Wildman–Crippen LogP) is 5.83. The van der Waals surface area contributed by atoms with Crippen LogP contribution in [0.2, 0.25) is 0 Å². The molecule has 5 nitrogen and oxygen atoms in total. The Labute approximate surface area is 208 Å². The molecule has 1 saturated heterocycles. The summed E-state index contributed by atoms with van der Waals surface area (Å²) in [6.07, 6.45) is 4.54. The molecule has 0 atom stereocenters. The molecule has 2 N–H and O–H groups in total. The van der Waals surface area contributed by atoms with Crippen LogP contribution in [0.1, 0.15) is 27.3 Å². The molecule has 0 bridgehead atoms.